The lowest BCUT2D eigenvalue weighted by Gasteiger charge is -1.94. The zero-order chi connectivity index (χ0) is 9.26. The van der Waals surface area contributed by atoms with E-state index in [0.717, 1.165) is 0 Å². The summed E-state index contributed by atoms with van der Waals surface area (Å²) < 4.78 is 0.612. The van der Waals surface area contributed by atoms with E-state index in [0.29, 0.717) is 21.0 Å². The van der Waals surface area contributed by atoms with Gasteiger partial charge in [0.25, 0.3) is 0 Å². The number of hydrogen-bond donors (Lipinski definition) is 1. The lowest BCUT2D eigenvalue weighted by molar-refractivity contribution is 1.17. The van der Waals surface area contributed by atoms with Gasteiger partial charge < -0.3 is 5.73 Å². The molecule has 0 aliphatic heterocycles. The molecule has 0 fully saturated rings. The number of rotatable bonds is 1. The quantitative estimate of drug-likeness (QED) is 0.784. The van der Waals surface area contributed by atoms with Crippen molar-refractivity contribution in [2.45, 2.75) is 0 Å². The van der Waals surface area contributed by atoms with Crippen molar-refractivity contribution >= 4 is 28.8 Å². The Morgan fingerprint density at radius 1 is 1.38 bits per heavy atom. The predicted molar refractivity (Wildman–Crippen MR) is 52.6 cm³/mol. The Kier molecular flexibility index (Phi) is 2.12. The summed E-state index contributed by atoms with van der Waals surface area (Å²) in [4.78, 5) is 12.1. The lowest BCUT2D eigenvalue weighted by Crippen LogP contribution is -1.93. The molecule has 0 atom stereocenters. The van der Waals surface area contributed by atoms with Crippen LogP contribution in [0.15, 0.2) is 18.5 Å². The normalized spacial score (nSPS) is 10.2. The molecule has 2 aromatic rings. The van der Waals surface area contributed by atoms with Crippen molar-refractivity contribution in [1.29, 1.82) is 0 Å². The van der Waals surface area contributed by atoms with E-state index in [9.17, 15) is 0 Å². The third-order valence-corrected chi connectivity index (χ3v) is 2.46. The molecule has 0 saturated heterocycles. The summed E-state index contributed by atoms with van der Waals surface area (Å²) >= 11 is 7.04. The topological polar surface area (TPSA) is 64.7 Å². The first-order chi connectivity index (χ1) is 6.25. The Bertz CT molecular complexity index is 428. The Labute approximate surface area is 83.4 Å². The zero-order valence-electron chi connectivity index (χ0n) is 6.44. The van der Waals surface area contributed by atoms with Crippen LogP contribution in [-0.4, -0.2) is 15.0 Å². The van der Waals surface area contributed by atoms with E-state index >= 15 is 0 Å². The van der Waals surface area contributed by atoms with Gasteiger partial charge >= 0.3 is 0 Å². The van der Waals surface area contributed by atoms with E-state index < -0.39 is 0 Å². The molecule has 2 rings (SSSR count). The number of nitrogens with two attached hydrogens (primary N) is 1. The fourth-order valence-corrected chi connectivity index (χ4v) is 1.69. The van der Waals surface area contributed by atoms with Crippen LogP contribution in [0, 0.1) is 0 Å². The van der Waals surface area contributed by atoms with Crippen LogP contribution < -0.4 is 5.73 Å². The van der Waals surface area contributed by atoms with Crippen molar-refractivity contribution in [3.05, 3.63) is 22.8 Å². The maximum absolute atomic E-state index is 5.72. The van der Waals surface area contributed by atoms with Crippen molar-refractivity contribution in [3.8, 4) is 10.8 Å². The maximum Gasteiger partial charge on any atom is 0.190 e. The number of thiazole rings is 1. The SMILES string of the molecule is Nc1ccnc(-c2ncc(Cl)s2)n1. The number of aromatic nitrogens is 3. The molecule has 0 spiro atoms. The summed E-state index contributed by atoms with van der Waals surface area (Å²) in [6.45, 7) is 0. The highest BCUT2D eigenvalue weighted by molar-refractivity contribution is 7.18. The largest absolute Gasteiger partial charge is 0.384 e. The van der Waals surface area contributed by atoms with Gasteiger partial charge in [0.1, 0.15) is 10.2 Å². The third-order valence-electron chi connectivity index (χ3n) is 1.35. The van der Waals surface area contributed by atoms with Crippen LogP contribution in [0.4, 0.5) is 5.82 Å². The Balaban J connectivity index is 2.46. The predicted octanol–water partition coefficient (Wildman–Crippen LogP) is 1.84. The minimum Gasteiger partial charge on any atom is -0.384 e. The second-order valence-electron chi connectivity index (χ2n) is 2.27. The summed E-state index contributed by atoms with van der Waals surface area (Å²) in [5.41, 5.74) is 5.50. The standard InChI is InChI=1S/C7H5ClN4S/c8-4-3-11-7(13-4)6-10-2-1-5(9)12-6/h1-3H,(H2,9,10,12). The first-order valence-corrected chi connectivity index (χ1v) is 4.65. The zero-order valence-corrected chi connectivity index (χ0v) is 8.01. The summed E-state index contributed by atoms with van der Waals surface area (Å²) in [5, 5.41) is 0.678. The fourth-order valence-electron chi connectivity index (χ4n) is 0.834. The van der Waals surface area contributed by atoms with Crippen molar-refractivity contribution in [1.82, 2.24) is 15.0 Å². The van der Waals surface area contributed by atoms with Gasteiger partial charge in [0.2, 0.25) is 0 Å². The van der Waals surface area contributed by atoms with Crippen LogP contribution in [0.5, 0.6) is 0 Å². The van der Waals surface area contributed by atoms with Crippen molar-refractivity contribution < 1.29 is 0 Å². The van der Waals surface area contributed by atoms with Gasteiger partial charge in [-0.15, -0.1) is 0 Å². The number of nitrogens with zero attached hydrogens (tertiary/aromatic N) is 3. The molecule has 0 amide bonds. The van der Waals surface area contributed by atoms with Gasteiger partial charge in [-0.25, -0.2) is 15.0 Å². The van der Waals surface area contributed by atoms with E-state index in [1.807, 2.05) is 0 Å². The van der Waals surface area contributed by atoms with Gasteiger partial charge in [0.05, 0.1) is 6.20 Å². The molecule has 0 radical (unpaired) electrons. The van der Waals surface area contributed by atoms with Crippen molar-refractivity contribution in [2.75, 3.05) is 5.73 Å². The molecule has 13 heavy (non-hydrogen) atoms. The van der Waals surface area contributed by atoms with E-state index in [-0.39, 0.29) is 0 Å². The third kappa shape index (κ3) is 1.76. The van der Waals surface area contributed by atoms with Crippen molar-refractivity contribution in [2.24, 2.45) is 0 Å². The number of hydrogen-bond acceptors (Lipinski definition) is 5. The van der Waals surface area contributed by atoms with Gasteiger partial charge in [0, 0.05) is 6.20 Å². The molecular formula is C7H5ClN4S. The maximum atomic E-state index is 5.72. The number of halogens is 1. The minimum atomic E-state index is 0.427. The van der Waals surface area contributed by atoms with Gasteiger partial charge in [-0.2, -0.15) is 0 Å². The Hall–Kier alpha value is -1.20. The first kappa shape index (κ1) is 8.40. The summed E-state index contributed by atoms with van der Waals surface area (Å²) in [7, 11) is 0. The average molecular weight is 213 g/mol. The van der Waals surface area contributed by atoms with Crippen molar-refractivity contribution in [3.63, 3.8) is 0 Å². The monoisotopic (exact) mass is 212 g/mol. The number of nitrogen functional groups attached to an aromatic ring is 1. The number of anilines is 1. The second-order valence-corrected chi connectivity index (χ2v) is 3.94. The average Bonchev–Trinajstić information content (AvgIpc) is 2.52. The molecular weight excluding hydrogens is 208 g/mol. The Morgan fingerprint density at radius 2 is 2.23 bits per heavy atom. The van der Waals surface area contributed by atoms with Gasteiger partial charge in [-0.05, 0) is 6.07 Å². The molecule has 2 heterocycles. The van der Waals surface area contributed by atoms with E-state index in [2.05, 4.69) is 15.0 Å². The molecule has 66 valence electrons. The van der Waals surface area contributed by atoms with Crippen LogP contribution in [0.2, 0.25) is 4.34 Å². The second kappa shape index (κ2) is 3.27. The molecule has 0 saturated carbocycles. The first-order valence-electron chi connectivity index (χ1n) is 3.46. The molecule has 0 aliphatic carbocycles. The summed E-state index contributed by atoms with van der Waals surface area (Å²) in [6, 6.07) is 1.62. The molecule has 0 unspecified atom stereocenters. The molecule has 4 nitrogen and oxygen atoms in total. The molecule has 0 aromatic carbocycles. The minimum absolute atomic E-state index is 0.427. The summed E-state index contributed by atoms with van der Waals surface area (Å²) in [6.07, 6.45) is 3.15. The summed E-state index contributed by atoms with van der Waals surface area (Å²) in [5.74, 6) is 0.938. The van der Waals surface area contributed by atoms with Crippen LogP contribution >= 0.6 is 22.9 Å². The van der Waals surface area contributed by atoms with Crippen LogP contribution in [0.3, 0.4) is 0 Å². The smallest absolute Gasteiger partial charge is 0.190 e. The molecule has 6 heteroatoms. The van der Waals surface area contributed by atoms with Gasteiger partial charge in [-0.3, -0.25) is 0 Å². The fraction of sp³-hybridized carbons (Fsp3) is 0. The molecule has 0 bridgehead atoms. The lowest BCUT2D eigenvalue weighted by atomic mass is 10.5. The van der Waals surface area contributed by atoms with Crippen LogP contribution in [-0.2, 0) is 0 Å². The molecule has 0 aliphatic rings. The van der Waals surface area contributed by atoms with Crippen LogP contribution in [0.1, 0.15) is 0 Å². The van der Waals surface area contributed by atoms with Gasteiger partial charge in [-0.1, -0.05) is 22.9 Å². The Morgan fingerprint density at radius 3 is 2.85 bits per heavy atom. The van der Waals surface area contributed by atoms with E-state index in [1.54, 1.807) is 18.5 Å². The molecule has 2 N–H and O–H groups in total. The highest BCUT2D eigenvalue weighted by atomic mass is 35.5. The molecule has 2 aromatic heterocycles. The van der Waals surface area contributed by atoms with E-state index in [4.69, 9.17) is 17.3 Å². The highest BCUT2D eigenvalue weighted by Gasteiger charge is 2.05. The van der Waals surface area contributed by atoms with Crippen LogP contribution in [0.25, 0.3) is 10.8 Å². The van der Waals surface area contributed by atoms with E-state index in [1.165, 1.54) is 11.3 Å². The highest BCUT2D eigenvalue weighted by Crippen LogP contribution is 2.25. The van der Waals surface area contributed by atoms with Gasteiger partial charge in [0.15, 0.2) is 10.8 Å².